The lowest BCUT2D eigenvalue weighted by molar-refractivity contribution is -0.274. The van der Waals surface area contributed by atoms with Crippen LogP contribution >= 0.6 is 7.82 Å². The number of methoxy groups -OCH3 is 1. The molecule has 3 aromatic heterocycles. The average Bonchev–Trinajstić information content (AvgIpc) is 3.52. The predicted molar refractivity (Wildman–Crippen MR) is 185 cm³/mol. The summed E-state index contributed by atoms with van der Waals surface area (Å²) < 4.78 is 90.4. The molecule has 57 heavy (non-hydrogen) atoms. The molecule has 0 aliphatic rings. The number of amides is 3. The van der Waals surface area contributed by atoms with Crippen LogP contribution in [0.4, 0.5) is 28.2 Å². The Balaban J connectivity index is 1.45. The van der Waals surface area contributed by atoms with Crippen molar-refractivity contribution in [2.24, 2.45) is 0 Å². The Hall–Kier alpha value is -6.64. The molecule has 0 radical (unpaired) electrons. The number of phosphoric ester groups is 1. The largest absolute Gasteiger partial charge is 0.573 e. The van der Waals surface area contributed by atoms with Gasteiger partial charge in [-0.2, -0.15) is 5.10 Å². The molecule has 0 bridgehead atoms. The summed E-state index contributed by atoms with van der Waals surface area (Å²) in [7, 11) is -3.89. The van der Waals surface area contributed by atoms with Crippen LogP contribution in [-0.4, -0.2) is 78.4 Å². The molecule has 300 valence electrons. The number of phosphoric acid groups is 1. The lowest BCUT2D eigenvalue weighted by atomic mass is 10.0. The van der Waals surface area contributed by atoms with Crippen LogP contribution in [0, 0.1) is 12.7 Å². The van der Waals surface area contributed by atoms with Crippen LogP contribution in [0.5, 0.6) is 17.2 Å². The number of anilines is 1. The Labute approximate surface area is 318 Å². The van der Waals surface area contributed by atoms with E-state index in [0.717, 1.165) is 32.2 Å². The summed E-state index contributed by atoms with van der Waals surface area (Å²) in [6, 6.07) is 7.66. The Bertz CT molecular complexity index is 2420. The minimum absolute atomic E-state index is 0.0478. The highest BCUT2D eigenvalue weighted by Crippen LogP contribution is 2.42. The normalized spacial score (nSPS) is 12.0. The number of benzene rings is 2. The number of alkyl halides is 3. The van der Waals surface area contributed by atoms with E-state index in [9.17, 15) is 36.9 Å². The van der Waals surface area contributed by atoms with Gasteiger partial charge in [0.1, 0.15) is 11.6 Å². The van der Waals surface area contributed by atoms with E-state index in [0.29, 0.717) is 28.7 Å². The van der Waals surface area contributed by atoms with Gasteiger partial charge in [-0.25, -0.2) is 32.9 Å². The van der Waals surface area contributed by atoms with Gasteiger partial charge in [0.05, 0.1) is 41.9 Å². The molecule has 2 aromatic carbocycles. The van der Waals surface area contributed by atoms with Crippen molar-refractivity contribution in [3.8, 4) is 28.5 Å². The molecule has 23 heteroatoms. The van der Waals surface area contributed by atoms with Crippen molar-refractivity contribution in [3.63, 3.8) is 0 Å². The zero-order chi connectivity index (χ0) is 41.8. The van der Waals surface area contributed by atoms with E-state index in [1.54, 1.807) is 6.07 Å². The van der Waals surface area contributed by atoms with Gasteiger partial charge in [-0.15, -0.1) is 13.2 Å². The van der Waals surface area contributed by atoms with E-state index in [1.807, 2.05) is 0 Å². The number of aromatic nitrogens is 4. The monoisotopic (exact) mass is 820 g/mol. The SMILES string of the molecule is COc1cc(C(=O)OCOC(=O)N(C(=O)c2cc(-c3ccc4nc(NC(C)=O)cn4n3)cnc2C)C(C)c2cc(OC(F)(F)F)ccc2F)ccc1OP(=O)(O)O. The van der Waals surface area contributed by atoms with Crippen LogP contribution in [0.3, 0.4) is 0 Å². The maximum Gasteiger partial charge on any atom is 0.573 e. The van der Waals surface area contributed by atoms with Crippen LogP contribution < -0.4 is 19.3 Å². The summed E-state index contributed by atoms with van der Waals surface area (Å²) in [5.41, 5.74) is -0.253. The lowest BCUT2D eigenvalue weighted by Crippen LogP contribution is -2.40. The maximum absolute atomic E-state index is 15.2. The summed E-state index contributed by atoms with van der Waals surface area (Å²) in [6.07, 6.45) is -3.93. The molecule has 3 N–H and O–H groups in total. The zero-order valence-corrected chi connectivity index (χ0v) is 30.7. The highest BCUT2D eigenvalue weighted by Gasteiger charge is 2.35. The van der Waals surface area contributed by atoms with Crippen LogP contribution in [0.2, 0.25) is 0 Å². The Morgan fingerprint density at radius 3 is 2.42 bits per heavy atom. The van der Waals surface area contributed by atoms with Crippen molar-refractivity contribution in [2.75, 3.05) is 19.2 Å². The number of ether oxygens (including phenoxy) is 4. The van der Waals surface area contributed by atoms with Crippen molar-refractivity contribution in [3.05, 3.63) is 95.2 Å². The van der Waals surface area contributed by atoms with E-state index in [2.05, 4.69) is 29.6 Å². The lowest BCUT2D eigenvalue weighted by Gasteiger charge is -2.28. The van der Waals surface area contributed by atoms with Crippen molar-refractivity contribution >= 4 is 43.2 Å². The first-order valence-electron chi connectivity index (χ1n) is 16.0. The minimum atomic E-state index is -5.17. The van der Waals surface area contributed by atoms with Gasteiger partial charge in [0.15, 0.2) is 23.0 Å². The van der Waals surface area contributed by atoms with Gasteiger partial charge in [-0.3, -0.25) is 24.4 Å². The molecular weight excluding hydrogens is 791 g/mol. The first-order chi connectivity index (χ1) is 26.7. The number of esters is 1. The van der Waals surface area contributed by atoms with E-state index >= 15 is 4.39 Å². The molecule has 0 fully saturated rings. The third-order valence-electron chi connectivity index (χ3n) is 7.68. The molecule has 0 aliphatic carbocycles. The fourth-order valence-electron chi connectivity index (χ4n) is 5.18. The topological polar surface area (TPSA) is 230 Å². The number of imidazole rings is 1. The highest BCUT2D eigenvalue weighted by molar-refractivity contribution is 7.46. The molecule has 5 aromatic rings. The van der Waals surface area contributed by atoms with Gasteiger partial charge in [0, 0.05) is 24.2 Å². The predicted octanol–water partition coefficient (Wildman–Crippen LogP) is 5.73. The third kappa shape index (κ3) is 10.4. The standard InChI is InChI=1S/C34H29F4N6O12P/c1-17-23(11-21(14-39-17)26-8-10-30-41-29(40-19(3)45)15-43(30)42-26)31(46)44(18(2)24-13-22(6-7-25(24)35)55-34(36,37)38)33(48)54-16-53-32(47)20-5-9-27(28(12-20)52-4)56-57(49,50)51/h5-15,18H,16H2,1-4H3,(H,40,45)(H2,49,50,51). The molecule has 0 aliphatic heterocycles. The molecule has 1 atom stereocenters. The maximum atomic E-state index is 15.2. The smallest absolute Gasteiger partial charge is 0.493 e. The van der Waals surface area contributed by atoms with Crippen molar-refractivity contribution < 1.29 is 74.6 Å². The van der Waals surface area contributed by atoms with Gasteiger partial charge < -0.3 is 28.8 Å². The minimum Gasteiger partial charge on any atom is -0.493 e. The summed E-state index contributed by atoms with van der Waals surface area (Å²) in [6.45, 7) is 2.65. The molecule has 5 rings (SSSR count). The summed E-state index contributed by atoms with van der Waals surface area (Å²) in [4.78, 5) is 79.2. The zero-order valence-electron chi connectivity index (χ0n) is 29.8. The van der Waals surface area contributed by atoms with E-state index in [1.165, 1.54) is 42.9 Å². The quantitative estimate of drug-likeness (QED) is 0.0591. The second-order valence-corrected chi connectivity index (χ2v) is 12.8. The average molecular weight is 821 g/mol. The van der Waals surface area contributed by atoms with Gasteiger partial charge in [0.2, 0.25) is 12.7 Å². The second-order valence-electron chi connectivity index (χ2n) is 11.7. The first kappa shape index (κ1) is 41.5. The third-order valence-corrected chi connectivity index (χ3v) is 8.11. The van der Waals surface area contributed by atoms with Gasteiger partial charge in [-0.05, 0) is 68.4 Å². The van der Waals surface area contributed by atoms with Crippen molar-refractivity contribution in [1.82, 2.24) is 24.5 Å². The molecule has 0 saturated carbocycles. The van der Waals surface area contributed by atoms with Crippen LogP contribution in [-0.2, 0) is 18.8 Å². The highest BCUT2D eigenvalue weighted by atomic mass is 31.2. The number of imide groups is 1. The van der Waals surface area contributed by atoms with Crippen LogP contribution in [0.15, 0.2) is 67.0 Å². The molecule has 0 saturated heterocycles. The first-order valence-corrected chi connectivity index (χ1v) is 17.5. The Morgan fingerprint density at radius 2 is 1.75 bits per heavy atom. The van der Waals surface area contributed by atoms with E-state index < -0.39 is 67.9 Å². The number of nitrogens with one attached hydrogen (secondary N) is 1. The van der Waals surface area contributed by atoms with Crippen LogP contribution in [0.25, 0.3) is 16.9 Å². The van der Waals surface area contributed by atoms with Gasteiger partial charge >= 0.3 is 26.2 Å². The Kier molecular flexibility index (Phi) is 12.1. The summed E-state index contributed by atoms with van der Waals surface area (Å²) in [5.74, 6) is -5.19. The number of fused-ring (bicyclic) bond motifs is 1. The summed E-state index contributed by atoms with van der Waals surface area (Å²) in [5, 5.41) is 6.95. The van der Waals surface area contributed by atoms with Crippen molar-refractivity contribution in [2.45, 2.75) is 33.2 Å². The number of aryl methyl sites for hydroxylation is 1. The molecule has 3 amide bonds. The van der Waals surface area contributed by atoms with Gasteiger partial charge in [0.25, 0.3) is 5.91 Å². The molecule has 0 spiro atoms. The number of halogens is 4. The second kappa shape index (κ2) is 16.6. The number of rotatable bonds is 12. The fourth-order valence-corrected chi connectivity index (χ4v) is 5.58. The number of hydrogen-bond acceptors (Lipinski definition) is 13. The van der Waals surface area contributed by atoms with Crippen molar-refractivity contribution in [1.29, 1.82) is 0 Å². The van der Waals surface area contributed by atoms with E-state index in [4.69, 9.17) is 24.0 Å². The number of pyridine rings is 1. The number of hydrogen-bond donors (Lipinski definition) is 3. The fraction of sp³-hybridized carbons (Fsp3) is 0.206. The summed E-state index contributed by atoms with van der Waals surface area (Å²) >= 11 is 0. The van der Waals surface area contributed by atoms with Gasteiger partial charge in [-0.1, -0.05) is 0 Å². The molecule has 1 unspecified atom stereocenters. The molecular formula is C34H29F4N6O12P. The number of carbonyl (C=O) groups is 4. The molecule has 18 nitrogen and oxygen atoms in total. The number of carbonyl (C=O) groups excluding carboxylic acids is 4. The number of nitrogens with zero attached hydrogens (tertiary/aromatic N) is 5. The van der Waals surface area contributed by atoms with Crippen LogP contribution in [0.1, 0.15) is 51.9 Å². The molecule has 3 heterocycles. The van der Waals surface area contributed by atoms with E-state index in [-0.39, 0.29) is 45.6 Å². The Morgan fingerprint density at radius 1 is 1.02 bits per heavy atom.